The first-order chi connectivity index (χ1) is 24.8. The fraction of sp³-hybridized carbons (Fsp3) is 0. The maximum absolute atomic E-state index is 5.02. The van der Waals surface area contributed by atoms with Gasteiger partial charge < -0.3 is 0 Å². The zero-order valence-corrected chi connectivity index (χ0v) is 27.0. The van der Waals surface area contributed by atoms with Gasteiger partial charge in [0, 0.05) is 51.0 Å². The second-order valence-electron chi connectivity index (χ2n) is 12.2. The molecule has 0 unspecified atom stereocenters. The first-order valence-electron chi connectivity index (χ1n) is 16.6. The highest BCUT2D eigenvalue weighted by molar-refractivity contribution is 5.94. The molecule has 9 aromatic rings. The Bertz CT molecular complexity index is 2460. The normalized spacial score (nSPS) is 11.2. The van der Waals surface area contributed by atoms with Crippen molar-refractivity contribution in [2.24, 2.45) is 0 Å². The molecule has 5 nitrogen and oxygen atoms in total. The molecule has 0 N–H and O–H groups in total. The zero-order chi connectivity index (χ0) is 33.3. The third-order valence-corrected chi connectivity index (χ3v) is 9.06. The maximum atomic E-state index is 5.02. The monoisotopic (exact) mass is 639 g/mol. The highest BCUT2D eigenvalue weighted by Gasteiger charge is 2.14. The summed E-state index contributed by atoms with van der Waals surface area (Å²) in [5.41, 5.74) is 11.4. The van der Waals surface area contributed by atoms with Gasteiger partial charge in [-0.05, 0) is 34.4 Å². The van der Waals surface area contributed by atoms with Crippen molar-refractivity contribution >= 4 is 21.8 Å². The van der Waals surface area contributed by atoms with E-state index in [4.69, 9.17) is 15.0 Å². The van der Waals surface area contributed by atoms with Gasteiger partial charge in [-0.3, -0.25) is 9.97 Å². The molecule has 50 heavy (non-hydrogen) atoms. The molecule has 0 amide bonds. The topological polar surface area (TPSA) is 64.5 Å². The minimum Gasteiger partial charge on any atom is -0.256 e. The van der Waals surface area contributed by atoms with Crippen LogP contribution in [0.4, 0.5) is 0 Å². The fourth-order valence-electron chi connectivity index (χ4n) is 6.48. The van der Waals surface area contributed by atoms with Crippen LogP contribution in [0.3, 0.4) is 0 Å². The van der Waals surface area contributed by atoms with E-state index in [0.29, 0.717) is 17.5 Å². The van der Waals surface area contributed by atoms with Crippen molar-refractivity contribution in [3.63, 3.8) is 0 Å². The molecule has 0 radical (unpaired) electrons. The van der Waals surface area contributed by atoms with E-state index < -0.39 is 0 Å². The second-order valence-corrected chi connectivity index (χ2v) is 12.2. The van der Waals surface area contributed by atoms with Crippen LogP contribution in [0, 0.1) is 0 Å². The molecular weight excluding hydrogens is 611 g/mol. The van der Waals surface area contributed by atoms with Gasteiger partial charge in [0.1, 0.15) is 0 Å². The van der Waals surface area contributed by atoms with Gasteiger partial charge in [-0.1, -0.05) is 152 Å². The van der Waals surface area contributed by atoms with Crippen LogP contribution < -0.4 is 0 Å². The average Bonchev–Trinajstić information content (AvgIpc) is 3.21. The fourth-order valence-corrected chi connectivity index (χ4v) is 6.48. The Balaban J connectivity index is 1.12. The molecule has 0 bridgehead atoms. The van der Waals surface area contributed by atoms with Crippen LogP contribution >= 0.6 is 0 Å². The average molecular weight is 640 g/mol. The van der Waals surface area contributed by atoms with Gasteiger partial charge in [0.25, 0.3) is 0 Å². The van der Waals surface area contributed by atoms with Crippen molar-refractivity contribution < 1.29 is 0 Å². The summed E-state index contributed by atoms with van der Waals surface area (Å²) in [5, 5.41) is 2.23. The van der Waals surface area contributed by atoms with Crippen LogP contribution in [0.15, 0.2) is 176 Å². The number of benzene rings is 6. The Hall–Kier alpha value is -6.85. The lowest BCUT2D eigenvalue weighted by atomic mass is 10.00. The molecule has 0 aliphatic rings. The molecule has 0 atom stereocenters. The lowest BCUT2D eigenvalue weighted by Gasteiger charge is -2.11. The highest BCUT2D eigenvalue weighted by Crippen LogP contribution is 2.32. The zero-order valence-electron chi connectivity index (χ0n) is 27.0. The van der Waals surface area contributed by atoms with E-state index in [1.807, 2.05) is 30.6 Å². The Morgan fingerprint density at radius 3 is 1.06 bits per heavy atom. The van der Waals surface area contributed by atoms with Gasteiger partial charge in [-0.2, -0.15) is 0 Å². The summed E-state index contributed by atoms with van der Waals surface area (Å²) < 4.78 is 0. The Morgan fingerprint density at radius 1 is 0.260 bits per heavy atom. The minimum absolute atomic E-state index is 0.613. The van der Waals surface area contributed by atoms with E-state index in [-0.39, 0.29) is 0 Å². The number of hydrogen-bond donors (Lipinski definition) is 0. The number of aromatic nitrogens is 5. The van der Waals surface area contributed by atoms with Crippen molar-refractivity contribution in [1.29, 1.82) is 0 Å². The molecule has 0 aliphatic carbocycles. The van der Waals surface area contributed by atoms with E-state index in [1.54, 1.807) is 0 Å². The maximum Gasteiger partial charge on any atom is 0.164 e. The van der Waals surface area contributed by atoms with E-state index >= 15 is 0 Å². The molecule has 6 aromatic carbocycles. The van der Waals surface area contributed by atoms with E-state index in [2.05, 4.69) is 156 Å². The first kappa shape index (κ1) is 29.3. The first-order valence-corrected chi connectivity index (χ1v) is 16.6. The summed E-state index contributed by atoms with van der Waals surface area (Å²) in [6.07, 6.45) is 3.68. The summed E-state index contributed by atoms with van der Waals surface area (Å²) in [7, 11) is 0. The van der Waals surface area contributed by atoms with Gasteiger partial charge in [-0.25, -0.2) is 15.0 Å². The quantitative estimate of drug-likeness (QED) is 0.181. The van der Waals surface area contributed by atoms with Crippen LogP contribution in [0.25, 0.3) is 89.4 Å². The second kappa shape index (κ2) is 12.6. The Labute approximate surface area is 289 Å². The molecule has 0 fully saturated rings. The third kappa shape index (κ3) is 5.57. The smallest absolute Gasteiger partial charge is 0.164 e. The molecule has 3 aromatic heterocycles. The lowest BCUT2D eigenvalue weighted by molar-refractivity contribution is 1.07. The van der Waals surface area contributed by atoms with Gasteiger partial charge in [0.05, 0.1) is 11.0 Å². The summed E-state index contributed by atoms with van der Waals surface area (Å²) >= 11 is 0. The molecule has 0 spiro atoms. The molecular formula is C45H29N5. The largest absolute Gasteiger partial charge is 0.256 e. The van der Waals surface area contributed by atoms with E-state index in [0.717, 1.165) is 66.3 Å². The van der Waals surface area contributed by atoms with Crippen LogP contribution in [-0.2, 0) is 0 Å². The standard InChI is InChI=1S/C45H29N5/c1-2-8-30(9-3-1)31-16-22-36(23-17-31)43-48-44(37-24-18-32(19-25-37)39-14-4-10-34-12-6-28-46-41(34)39)50-45(49-43)38-26-20-33(21-27-38)40-15-5-11-35-13-7-29-47-42(35)40/h1-29H. The summed E-state index contributed by atoms with van der Waals surface area (Å²) in [5.74, 6) is 1.85. The predicted molar refractivity (Wildman–Crippen MR) is 203 cm³/mol. The Morgan fingerprint density at radius 2 is 0.620 bits per heavy atom. The summed E-state index contributed by atoms with van der Waals surface area (Å²) in [6, 6.07) is 56.2. The molecule has 0 saturated carbocycles. The molecule has 0 aliphatic heterocycles. The molecule has 9 rings (SSSR count). The molecule has 3 heterocycles. The van der Waals surface area contributed by atoms with Crippen molar-refractivity contribution in [1.82, 2.24) is 24.9 Å². The Kier molecular flexibility index (Phi) is 7.41. The van der Waals surface area contributed by atoms with Crippen LogP contribution in [0.5, 0.6) is 0 Å². The number of hydrogen-bond acceptors (Lipinski definition) is 5. The SMILES string of the molecule is c1ccc(-c2ccc(-c3nc(-c4ccc(-c5cccc6cccnc56)cc4)nc(-c4ccc(-c5cccc6cccnc56)cc4)n3)cc2)cc1. The summed E-state index contributed by atoms with van der Waals surface area (Å²) in [6.45, 7) is 0. The van der Waals surface area contributed by atoms with Crippen molar-refractivity contribution in [3.05, 3.63) is 176 Å². The number of nitrogens with zero attached hydrogens (tertiary/aromatic N) is 5. The van der Waals surface area contributed by atoms with Crippen LogP contribution in [-0.4, -0.2) is 24.9 Å². The summed E-state index contributed by atoms with van der Waals surface area (Å²) in [4.78, 5) is 24.4. The van der Waals surface area contributed by atoms with Gasteiger partial charge in [0.15, 0.2) is 17.5 Å². The lowest BCUT2D eigenvalue weighted by Crippen LogP contribution is -2.00. The van der Waals surface area contributed by atoms with Gasteiger partial charge in [-0.15, -0.1) is 0 Å². The number of pyridine rings is 2. The van der Waals surface area contributed by atoms with Gasteiger partial charge in [0.2, 0.25) is 0 Å². The van der Waals surface area contributed by atoms with Crippen molar-refractivity contribution in [2.45, 2.75) is 0 Å². The molecule has 0 saturated heterocycles. The third-order valence-electron chi connectivity index (χ3n) is 9.06. The van der Waals surface area contributed by atoms with E-state index in [9.17, 15) is 0 Å². The minimum atomic E-state index is 0.613. The van der Waals surface area contributed by atoms with Crippen molar-refractivity contribution in [2.75, 3.05) is 0 Å². The highest BCUT2D eigenvalue weighted by atomic mass is 15.0. The van der Waals surface area contributed by atoms with Crippen molar-refractivity contribution in [3.8, 4) is 67.5 Å². The van der Waals surface area contributed by atoms with Crippen LogP contribution in [0.2, 0.25) is 0 Å². The van der Waals surface area contributed by atoms with E-state index in [1.165, 1.54) is 5.56 Å². The number of rotatable bonds is 6. The van der Waals surface area contributed by atoms with Gasteiger partial charge >= 0.3 is 0 Å². The molecule has 234 valence electrons. The van der Waals surface area contributed by atoms with Crippen LogP contribution in [0.1, 0.15) is 0 Å². The predicted octanol–water partition coefficient (Wildman–Crippen LogP) is 11.0. The number of para-hydroxylation sites is 2. The molecule has 5 heteroatoms. The number of fused-ring (bicyclic) bond motifs is 2.